The third-order valence-corrected chi connectivity index (χ3v) is 2.67. The maximum Gasteiger partial charge on any atom is 0.422 e. The van der Waals surface area contributed by atoms with Gasteiger partial charge in [-0.1, -0.05) is 0 Å². The van der Waals surface area contributed by atoms with Gasteiger partial charge in [-0.15, -0.1) is 0 Å². The molecule has 1 rings (SSSR count). The molecule has 0 aromatic heterocycles. The smallest absolute Gasteiger partial charge is 0.422 e. The van der Waals surface area contributed by atoms with Gasteiger partial charge in [-0.05, 0) is 18.2 Å². The summed E-state index contributed by atoms with van der Waals surface area (Å²) in [5.74, 6) is -2.32. The van der Waals surface area contributed by atoms with Crippen LogP contribution in [0.4, 0.5) is 23.7 Å². The third-order valence-electron chi connectivity index (χ3n) is 2.67. The summed E-state index contributed by atoms with van der Waals surface area (Å²) in [6.45, 7) is -1.81. The number of nitrogens with one attached hydrogen (secondary N) is 2. The highest BCUT2D eigenvalue weighted by molar-refractivity contribution is 5.94. The zero-order valence-electron chi connectivity index (χ0n) is 13.0. The van der Waals surface area contributed by atoms with Gasteiger partial charge in [-0.2, -0.15) is 13.2 Å². The molecule has 3 N–H and O–H groups in total. The van der Waals surface area contributed by atoms with Crippen LogP contribution in [0.2, 0.25) is 0 Å². The Hall–Kier alpha value is -2.98. The van der Waals surface area contributed by atoms with Crippen molar-refractivity contribution in [3.05, 3.63) is 23.8 Å². The van der Waals surface area contributed by atoms with Gasteiger partial charge in [0.1, 0.15) is 5.75 Å². The number of carbonyl (C=O) groups is 3. The first kappa shape index (κ1) is 20.1. The fourth-order valence-electron chi connectivity index (χ4n) is 1.60. The van der Waals surface area contributed by atoms with E-state index in [2.05, 4.69) is 20.1 Å². The fraction of sp³-hybridized carbons (Fsp3) is 0.357. The molecule has 0 heterocycles. The van der Waals surface area contributed by atoms with E-state index in [1.807, 2.05) is 0 Å². The Kier molecular flexibility index (Phi) is 7.03. The molecule has 0 aliphatic carbocycles. The highest BCUT2D eigenvalue weighted by Gasteiger charge is 2.29. The Morgan fingerprint density at radius 2 is 1.92 bits per heavy atom. The zero-order valence-corrected chi connectivity index (χ0v) is 13.0. The topological polar surface area (TPSA) is 114 Å². The largest absolute Gasteiger partial charge is 0.482 e. The van der Waals surface area contributed by atoms with Crippen LogP contribution in [0.25, 0.3) is 0 Å². The summed E-state index contributed by atoms with van der Waals surface area (Å²) in [4.78, 5) is 33.4. The number of benzene rings is 1. The minimum absolute atomic E-state index is 0.0727. The summed E-state index contributed by atoms with van der Waals surface area (Å²) in [7, 11) is 1.10. The van der Waals surface area contributed by atoms with Crippen molar-refractivity contribution in [2.24, 2.45) is 0 Å². The van der Waals surface area contributed by atoms with E-state index in [9.17, 15) is 27.6 Å². The summed E-state index contributed by atoms with van der Waals surface area (Å²) in [6.07, 6.45) is -4.95. The lowest BCUT2D eigenvalue weighted by atomic mass is 10.2. The lowest BCUT2D eigenvalue weighted by Gasteiger charge is -2.15. The molecule has 0 fully saturated rings. The number of aliphatic carboxylic acids is 1. The average molecular weight is 364 g/mol. The number of amides is 2. The molecule has 0 unspecified atom stereocenters. The molecule has 8 nitrogen and oxygen atoms in total. The van der Waals surface area contributed by atoms with Gasteiger partial charge in [-0.3, -0.25) is 4.79 Å². The second-order valence-electron chi connectivity index (χ2n) is 4.63. The van der Waals surface area contributed by atoms with E-state index in [-0.39, 0.29) is 24.2 Å². The van der Waals surface area contributed by atoms with Gasteiger partial charge in [0.05, 0.1) is 24.8 Å². The lowest BCUT2D eigenvalue weighted by Crippen LogP contribution is -2.31. The van der Waals surface area contributed by atoms with Crippen molar-refractivity contribution >= 4 is 23.7 Å². The number of carbonyl (C=O) groups excluding carboxylic acids is 2. The number of alkyl halides is 3. The van der Waals surface area contributed by atoms with Gasteiger partial charge >= 0.3 is 24.1 Å². The molecular formula is C14H15F3N2O6. The first-order valence-corrected chi connectivity index (χ1v) is 6.81. The lowest BCUT2D eigenvalue weighted by molar-refractivity contribution is -0.153. The Labute approximate surface area is 139 Å². The van der Waals surface area contributed by atoms with Gasteiger partial charge in [0.25, 0.3) is 0 Å². The third kappa shape index (κ3) is 7.42. The fourth-order valence-corrected chi connectivity index (χ4v) is 1.60. The van der Waals surface area contributed by atoms with E-state index in [1.54, 1.807) is 0 Å². The maximum atomic E-state index is 12.3. The Morgan fingerprint density at radius 1 is 1.24 bits per heavy atom. The van der Waals surface area contributed by atoms with Crippen LogP contribution in [0.5, 0.6) is 5.75 Å². The van der Waals surface area contributed by atoms with Crippen molar-refractivity contribution in [3.63, 3.8) is 0 Å². The highest BCUT2D eigenvalue weighted by Crippen LogP contribution is 2.28. The predicted octanol–water partition coefficient (Wildman–Crippen LogP) is 2.01. The van der Waals surface area contributed by atoms with Gasteiger partial charge in [0.2, 0.25) is 0 Å². The molecule has 2 amide bonds. The molecule has 0 saturated heterocycles. The molecule has 0 aliphatic heterocycles. The Balaban J connectivity index is 2.89. The van der Waals surface area contributed by atoms with Crippen molar-refractivity contribution in [2.45, 2.75) is 12.6 Å². The number of rotatable bonds is 7. The molecule has 11 heteroatoms. The number of ether oxygens (including phenoxy) is 2. The van der Waals surface area contributed by atoms with Crippen LogP contribution < -0.4 is 15.4 Å². The summed E-state index contributed by atoms with van der Waals surface area (Å²) in [6, 6.07) is 2.53. The van der Waals surface area contributed by atoms with Gasteiger partial charge < -0.3 is 25.2 Å². The van der Waals surface area contributed by atoms with E-state index >= 15 is 0 Å². The van der Waals surface area contributed by atoms with Crippen molar-refractivity contribution in [3.8, 4) is 5.75 Å². The number of hydrogen-bond donors (Lipinski definition) is 3. The summed E-state index contributed by atoms with van der Waals surface area (Å²) >= 11 is 0. The molecule has 138 valence electrons. The van der Waals surface area contributed by atoms with Crippen LogP contribution in [0.15, 0.2) is 18.2 Å². The van der Waals surface area contributed by atoms with Crippen molar-refractivity contribution in [1.82, 2.24) is 5.32 Å². The zero-order chi connectivity index (χ0) is 19.0. The summed E-state index contributed by atoms with van der Waals surface area (Å²) < 4.78 is 46.1. The van der Waals surface area contributed by atoms with Gasteiger partial charge in [0, 0.05) is 6.54 Å². The first-order valence-electron chi connectivity index (χ1n) is 6.81. The Morgan fingerprint density at radius 3 is 2.48 bits per heavy atom. The first-order chi connectivity index (χ1) is 11.6. The SMILES string of the molecule is COC(=O)c1ccc(NC(=O)NCCC(=O)O)c(OCC(F)(F)F)c1. The minimum Gasteiger partial charge on any atom is -0.482 e. The molecule has 0 saturated carbocycles. The van der Waals surface area contributed by atoms with Crippen LogP contribution in [0, 0.1) is 0 Å². The molecule has 0 radical (unpaired) electrons. The molecule has 0 bridgehead atoms. The van der Waals surface area contributed by atoms with Crippen molar-refractivity contribution in [2.75, 3.05) is 25.6 Å². The monoisotopic (exact) mass is 364 g/mol. The quantitative estimate of drug-likeness (QED) is 0.638. The van der Waals surface area contributed by atoms with Crippen LogP contribution in [-0.2, 0) is 9.53 Å². The Bertz CT molecular complexity index is 648. The molecule has 1 aromatic rings. The molecular weight excluding hydrogens is 349 g/mol. The number of carboxylic acids is 1. The summed E-state index contributed by atoms with van der Waals surface area (Å²) in [5, 5.41) is 12.9. The highest BCUT2D eigenvalue weighted by atomic mass is 19.4. The molecule has 25 heavy (non-hydrogen) atoms. The molecule has 0 spiro atoms. The molecule has 0 atom stereocenters. The minimum atomic E-state index is -4.62. The van der Waals surface area contributed by atoms with E-state index in [0.29, 0.717) is 0 Å². The number of anilines is 1. The standard InChI is InChI=1S/C14H15F3N2O6/c1-24-12(22)8-2-3-9(10(6-8)25-7-14(15,16)17)19-13(23)18-5-4-11(20)21/h2-3,6H,4-5,7H2,1H3,(H,20,21)(H2,18,19,23). The number of hydrogen-bond acceptors (Lipinski definition) is 5. The summed E-state index contributed by atoms with van der Waals surface area (Å²) in [5.41, 5.74) is -0.207. The number of halogens is 3. The van der Waals surface area contributed by atoms with E-state index in [1.165, 1.54) is 6.07 Å². The maximum absolute atomic E-state index is 12.3. The molecule has 0 aliphatic rings. The van der Waals surface area contributed by atoms with Gasteiger partial charge in [-0.25, -0.2) is 9.59 Å². The van der Waals surface area contributed by atoms with Crippen LogP contribution >= 0.6 is 0 Å². The van der Waals surface area contributed by atoms with Crippen molar-refractivity contribution < 1.29 is 42.1 Å². The van der Waals surface area contributed by atoms with E-state index in [4.69, 9.17) is 5.11 Å². The number of urea groups is 1. The van der Waals surface area contributed by atoms with Gasteiger partial charge in [0.15, 0.2) is 6.61 Å². The second kappa shape index (κ2) is 8.76. The second-order valence-corrected chi connectivity index (χ2v) is 4.63. The van der Waals surface area contributed by atoms with Crippen LogP contribution in [-0.4, -0.2) is 49.5 Å². The van der Waals surface area contributed by atoms with E-state index in [0.717, 1.165) is 19.2 Å². The molecule has 1 aromatic carbocycles. The average Bonchev–Trinajstić information content (AvgIpc) is 2.52. The number of methoxy groups -OCH3 is 1. The predicted molar refractivity (Wildman–Crippen MR) is 78.6 cm³/mol. The van der Waals surface area contributed by atoms with Crippen LogP contribution in [0.3, 0.4) is 0 Å². The normalized spacial score (nSPS) is 10.7. The number of carboxylic acid groups (broad SMARTS) is 1. The van der Waals surface area contributed by atoms with E-state index < -0.39 is 36.5 Å². The van der Waals surface area contributed by atoms with Crippen LogP contribution in [0.1, 0.15) is 16.8 Å². The van der Waals surface area contributed by atoms with Crippen molar-refractivity contribution in [1.29, 1.82) is 0 Å². The number of esters is 1.